The zero-order valence-electron chi connectivity index (χ0n) is 15.6. The van der Waals surface area contributed by atoms with Gasteiger partial charge < -0.3 is 19.5 Å². The van der Waals surface area contributed by atoms with Crippen LogP contribution in [0.15, 0.2) is 30.3 Å². The number of ether oxygens (including phenoxy) is 3. The van der Waals surface area contributed by atoms with Crippen molar-refractivity contribution in [1.29, 1.82) is 0 Å². The molecule has 5 nitrogen and oxygen atoms in total. The van der Waals surface area contributed by atoms with Crippen molar-refractivity contribution in [3.05, 3.63) is 47.0 Å². The van der Waals surface area contributed by atoms with E-state index in [4.69, 9.17) is 14.2 Å². The summed E-state index contributed by atoms with van der Waals surface area (Å²) in [4.78, 5) is 12.4. The van der Waals surface area contributed by atoms with Gasteiger partial charge in [0.1, 0.15) is 5.75 Å². The third-order valence-electron chi connectivity index (χ3n) is 4.09. The van der Waals surface area contributed by atoms with Crippen LogP contribution < -0.4 is 19.5 Å². The first-order chi connectivity index (χ1) is 11.8. The van der Waals surface area contributed by atoms with Gasteiger partial charge in [-0.15, -0.1) is 0 Å². The number of hydrogen-bond donors (Lipinski definition) is 1. The standard InChI is InChI=1S/C20H25NO4/c1-12-9-13(2)14(3)18(10-12)25-15(4)20(22)21-16-7-8-17(23-5)19(11-16)24-6/h7-11,15H,1-6H3,(H,21,22)/t15-/m0/s1. The minimum atomic E-state index is -0.631. The number of methoxy groups -OCH3 is 2. The molecule has 0 aromatic heterocycles. The van der Waals surface area contributed by atoms with Crippen molar-refractivity contribution < 1.29 is 19.0 Å². The molecule has 2 aromatic rings. The van der Waals surface area contributed by atoms with Gasteiger partial charge in [0.15, 0.2) is 17.6 Å². The van der Waals surface area contributed by atoms with Gasteiger partial charge in [0.2, 0.25) is 0 Å². The van der Waals surface area contributed by atoms with Crippen molar-refractivity contribution in [3.63, 3.8) is 0 Å². The van der Waals surface area contributed by atoms with Crippen molar-refractivity contribution in [2.75, 3.05) is 19.5 Å². The van der Waals surface area contributed by atoms with Gasteiger partial charge in [0, 0.05) is 11.8 Å². The summed E-state index contributed by atoms with van der Waals surface area (Å²) in [6, 6.07) is 9.26. The van der Waals surface area contributed by atoms with E-state index in [0.29, 0.717) is 17.2 Å². The van der Waals surface area contributed by atoms with E-state index >= 15 is 0 Å². The number of amides is 1. The molecule has 0 spiro atoms. The fourth-order valence-electron chi connectivity index (χ4n) is 2.53. The SMILES string of the molecule is COc1ccc(NC(=O)[C@H](C)Oc2cc(C)cc(C)c2C)cc1OC. The van der Waals surface area contributed by atoms with Crippen molar-refractivity contribution in [2.24, 2.45) is 0 Å². The molecule has 0 aliphatic rings. The lowest BCUT2D eigenvalue weighted by Gasteiger charge is -2.18. The Morgan fingerprint density at radius 1 is 0.960 bits per heavy atom. The van der Waals surface area contributed by atoms with E-state index in [-0.39, 0.29) is 5.91 Å². The highest BCUT2D eigenvalue weighted by Crippen LogP contribution is 2.30. The molecule has 2 rings (SSSR count). The molecule has 0 saturated carbocycles. The van der Waals surface area contributed by atoms with E-state index in [1.165, 1.54) is 0 Å². The lowest BCUT2D eigenvalue weighted by atomic mass is 10.1. The summed E-state index contributed by atoms with van der Waals surface area (Å²) >= 11 is 0. The Bertz CT molecular complexity index is 771. The molecule has 0 aliphatic carbocycles. The van der Waals surface area contributed by atoms with Crippen LogP contribution in [0.1, 0.15) is 23.6 Å². The summed E-state index contributed by atoms with van der Waals surface area (Å²) in [5, 5.41) is 2.84. The predicted molar refractivity (Wildman–Crippen MR) is 98.9 cm³/mol. The predicted octanol–water partition coefficient (Wildman–Crippen LogP) is 4.04. The van der Waals surface area contributed by atoms with Crippen LogP contribution in [0.4, 0.5) is 5.69 Å². The summed E-state index contributed by atoms with van der Waals surface area (Å²) < 4.78 is 16.3. The second kappa shape index (κ2) is 7.92. The van der Waals surface area contributed by atoms with Crippen molar-refractivity contribution >= 4 is 11.6 Å². The van der Waals surface area contributed by atoms with Gasteiger partial charge in [-0.05, 0) is 62.6 Å². The number of nitrogens with one attached hydrogen (secondary N) is 1. The van der Waals surface area contributed by atoms with Crippen molar-refractivity contribution in [1.82, 2.24) is 0 Å². The fraction of sp³-hybridized carbons (Fsp3) is 0.350. The van der Waals surface area contributed by atoms with Crippen LogP contribution in [0.2, 0.25) is 0 Å². The molecule has 1 amide bonds. The smallest absolute Gasteiger partial charge is 0.265 e. The van der Waals surface area contributed by atoms with Crippen molar-refractivity contribution in [3.8, 4) is 17.2 Å². The Morgan fingerprint density at radius 2 is 1.64 bits per heavy atom. The maximum Gasteiger partial charge on any atom is 0.265 e. The molecule has 0 unspecified atom stereocenters. The zero-order valence-corrected chi connectivity index (χ0v) is 15.6. The second-order valence-electron chi connectivity index (χ2n) is 6.02. The maximum absolute atomic E-state index is 12.4. The Kier molecular flexibility index (Phi) is 5.91. The second-order valence-corrected chi connectivity index (χ2v) is 6.02. The minimum absolute atomic E-state index is 0.231. The van der Waals surface area contributed by atoms with Crippen LogP contribution >= 0.6 is 0 Å². The lowest BCUT2D eigenvalue weighted by Crippen LogP contribution is -2.30. The lowest BCUT2D eigenvalue weighted by molar-refractivity contribution is -0.122. The normalized spacial score (nSPS) is 11.6. The van der Waals surface area contributed by atoms with E-state index in [0.717, 1.165) is 22.4 Å². The molecular formula is C20H25NO4. The Morgan fingerprint density at radius 3 is 2.28 bits per heavy atom. The molecule has 1 atom stereocenters. The highest BCUT2D eigenvalue weighted by atomic mass is 16.5. The summed E-state index contributed by atoms with van der Waals surface area (Å²) in [5.41, 5.74) is 3.90. The number of aryl methyl sites for hydroxylation is 2. The summed E-state index contributed by atoms with van der Waals surface area (Å²) in [6.07, 6.45) is -0.631. The Hall–Kier alpha value is -2.69. The number of hydrogen-bond acceptors (Lipinski definition) is 4. The van der Waals surface area contributed by atoms with E-state index < -0.39 is 6.10 Å². The van der Waals surface area contributed by atoms with Gasteiger partial charge >= 0.3 is 0 Å². The van der Waals surface area contributed by atoms with Gasteiger partial charge in [-0.3, -0.25) is 4.79 Å². The molecular weight excluding hydrogens is 318 g/mol. The largest absolute Gasteiger partial charge is 0.493 e. The minimum Gasteiger partial charge on any atom is -0.493 e. The van der Waals surface area contributed by atoms with Crippen LogP contribution in [0.3, 0.4) is 0 Å². The van der Waals surface area contributed by atoms with Crippen molar-refractivity contribution in [2.45, 2.75) is 33.8 Å². The van der Waals surface area contributed by atoms with Gasteiger partial charge in [-0.2, -0.15) is 0 Å². The monoisotopic (exact) mass is 343 g/mol. The summed E-state index contributed by atoms with van der Waals surface area (Å²) in [7, 11) is 3.12. The molecule has 25 heavy (non-hydrogen) atoms. The number of carbonyl (C=O) groups is 1. The first-order valence-electron chi connectivity index (χ1n) is 8.13. The van der Waals surface area contributed by atoms with E-state index in [9.17, 15) is 4.79 Å². The molecule has 0 heterocycles. The number of carbonyl (C=O) groups excluding carboxylic acids is 1. The van der Waals surface area contributed by atoms with E-state index in [2.05, 4.69) is 11.4 Å². The average Bonchev–Trinajstić information content (AvgIpc) is 2.58. The van der Waals surface area contributed by atoms with E-state index in [1.807, 2.05) is 26.8 Å². The molecule has 2 aromatic carbocycles. The van der Waals surface area contributed by atoms with Gasteiger partial charge in [0.25, 0.3) is 5.91 Å². The molecule has 1 N–H and O–H groups in total. The van der Waals surface area contributed by atoms with Crippen LogP contribution in [-0.4, -0.2) is 26.2 Å². The molecule has 0 aliphatic heterocycles. The first-order valence-corrected chi connectivity index (χ1v) is 8.13. The van der Waals surface area contributed by atoms with Gasteiger partial charge in [-0.1, -0.05) is 6.07 Å². The highest BCUT2D eigenvalue weighted by Gasteiger charge is 2.17. The Balaban J connectivity index is 2.11. The maximum atomic E-state index is 12.4. The molecule has 0 bridgehead atoms. The van der Waals surface area contributed by atoms with Crippen LogP contribution in [0.5, 0.6) is 17.2 Å². The molecule has 0 saturated heterocycles. The quantitative estimate of drug-likeness (QED) is 0.860. The molecule has 0 fully saturated rings. The number of rotatable bonds is 6. The third kappa shape index (κ3) is 4.44. The summed E-state index contributed by atoms with van der Waals surface area (Å²) in [5.74, 6) is 1.66. The fourth-order valence-corrected chi connectivity index (χ4v) is 2.53. The Labute approximate surface area is 148 Å². The first kappa shape index (κ1) is 18.6. The van der Waals surface area contributed by atoms with Crippen LogP contribution in [-0.2, 0) is 4.79 Å². The molecule has 5 heteroatoms. The zero-order chi connectivity index (χ0) is 18.6. The average molecular weight is 343 g/mol. The van der Waals surface area contributed by atoms with Gasteiger partial charge in [-0.25, -0.2) is 0 Å². The van der Waals surface area contributed by atoms with E-state index in [1.54, 1.807) is 39.3 Å². The third-order valence-corrected chi connectivity index (χ3v) is 4.09. The topological polar surface area (TPSA) is 56.8 Å². The van der Waals surface area contributed by atoms with Crippen LogP contribution in [0, 0.1) is 20.8 Å². The highest BCUT2D eigenvalue weighted by molar-refractivity contribution is 5.94. The molecule has 134 valence electrons. The van der Waals surface area contributed by atoms with Gasteiger partial charge in [0.05, 0.1) is 14.2 Å². The number of anilines is 1. The van der Waals surface area contributed by atoms with Crippen LogP contribution in [0.25, 0.3) is 0 Å². The molecule has 0 radical (unpaired) electrons. The number of benzene rings is 2. The summed E-state index contributed by atoms with van der Waals surface area (Å²) in [6.45, 7) is 7.76.